The summed E-state index contributed by atoms with van der Waals surface area (Å²) in [6.07, 6.45) is 1.47. The quantitative estimate of drug-likeness (QED) is 0.733. The van der Waals surface area contributed by atoms with Crippen molar-refractivity contribution < 1.29 is 18.4 Å². The zero-order chi connectivity index (χ0) is 22.4. The zero-order valence-corrected chi connectivity index (χ0v) is 17.8. The monoisotopic (exact) mass is 430 g/mol. The zero-order valence-electron chi connectivity index (χ0n) is 17.8. The molecule has 1 aliphatic rings. The molecule has 2 N–H and O–H groups in total. The second-order valence-corrected chi connectivity index (χ2v) is 7.89. The molecule has 0 saturated carbocycles. The molecule has 1 fully saturated rings. The molecular weight excluding hydrogens is 402 g/mol. The Balaban J connectivity index is 1.41. The number of hydrogen-bond acceptors (Lipinski definition) is 3. The van der Waals surface area contributed by atoms with E-state index in [1.54, 1.807) is 24.1 Å². The van der Waals surface area contributed by atoms with Crippen LogP contribution in [0.2, 0.25) is 0 Å². The number of amides is 3. The maximum absolute atomic E-state index is 13.1. The number of halogens is 2. The van der Waals surface area contributed by atoms with E-state index < -0.39 is 0 Å². The summed E-state index contributed by atoms with van der Waals surface area (Å²) >= 11 is 0. The molecule has 8 heteroatoms. The van der Waals surface area contributed by atoms with Gasteiger partial charge in [0.2, 0.25) is 5.91 Å². The molecule has 2 aromatic carbocycles. The number of nitrogens with zero attached hydrogens (tertiary/aromatic N) is 2. The SMILES string of the molecule is CC(c1ccc(F)cc1)N(C)C(=O)CN1CCC(NC(=O)Nc2ccc(F)cc2)CC1. The van der Waals surface area contributed by atoms with E-state index in [0.717, 1.165) is 18.4 Å². The second kappa shape index (κ2) is 10.3. The fourth-order valence-corrected chi connectivity index (χ4v) is 3.60. The first kappa shape index (κ1) is 22.7. The van der Waals surface area contributed by atoms with Gasteiger partial charge < -0.3 is 15.5 Å². The number of anilines is 1. The van der Waals surface area contributed by atoms with Crippen LogP contribution in [0.25, 0.3) is 0 Å². The van der Waals surface area contributed by atoms with E-state index in [1.165, 1.54) is 36.4 Å². The molecule has 3 amide bonds. The number of hydrogen-bond donors (Lipinski definition) is 2. The highest BCUT2D eigenvalue weighted by Gasteiger charge is 2.25. The molecule has 1 heterocycles. The summed E-state index contributed by atoms with van der Waals surface area (Å²) in [5.74, 6) is -0.657. The van der Waals surface area contributed by atoms with Gasteiger partial charge in [-0.3, -0.25) is 9.69 Å². The van der Waals surface area contributed by atoms with Crippen LogP contribution in [0, 0.1) is 11.6 Å². The fraction of sp³-hybridized carbons (Fsp3) is 0.391. The number of urea groups is 1. The Morgan fingerprint density at radius 2 is 1.58 bits per heavy atom. The molecule has 2 aromatic rings. The third kappa shape index (κ3) is 6.49. The summed E-state index contributed by atoms with van der Waals surface area (Å²) in [5, 5.41) is 5.62. The van der Waals surface area contributed by atoms with E-state index in [9.17, 15) is 18.4 Å². The van der Waals surface area contributed by atoms with Gasteiger partial charge in [0.15, 0.2) is 0 Å². The summed E-state index contributed by atoms with van der Waals surface area (Å²) in [6, 6.07) is 11.3. The van der Waals surface area contributed by atoms with Gasteiger partial charge >= 0.3 is 6.03 Å². The fourth-order valence-electron chi connectivity index (χ4n) is 3.60. The van der Waals surface area contributed by atoms with Crippen molar-refractivity contribution in [2.24, 2.45) is 0 Å². The molecule has 0 aromatic heterocycles. The number of piperidine rings is 1. The first-order chi connectivity index (χ1) is 14.8. The molecule has 0 aliphatic carbocycles. The van der Waals surface area contributed by atoms with Crippen LogP contribution >= 0.6 is 0 Å². The number of likely N-dealkylation sites (N-methyl/N-ethyl adjacent to an activating group) is 1. The van der Waals surface area contributed by atoms with Gasteiger partial charge in [0.05, 0.1) is 12.6 Å². The van der Waals surface area contributed by atoms with Crippen LogP contribution in [0.4, 0.5) is 19.3 Å². The highest BCUT2D eigenvalue weighted by molar-refractivity contribution is 5.89. The number of nitrogens with one attached hydrogen (secondary N) is 2. The highest BCUT2D eigenvalue weighted by atomic mass is 19.1. The van der Waals surface area contributed by atoms with Crippen LogP contribution < -0.4 is 10.6 Å². The number of carbonyl (C=O) groups is 2. The molecular formula is C23H28F2N4O2. The summed E-state index contributed by atoms with van der Waals surface area (Å²) in [5.41, 5.74) is 1.41. The van der Waals surface area contributed by atoms with Crippen molar-refractivity contribution in [1.29, 1.82) is 0 Å². The molecule has 166 valence electrons. The van der Waals surface area contributed by atoms with E-state index in [2.05, 4.69) is 15.5 Å². The Bertz CT molecular complexity index is 881. The van der Waals surface area contributed by atoms with Gasteiger partial charge in [0.1, 0.15) is 11.6 Å². The third-order valence-electron chi connectivity index (χ3n) is 5.71. The number of carbonyl (C=O) groups excluding carboxylic acids is 2. The van der Waals surface area contributed by atoms with Crippen molar-refractivity contribution in [3.8, 4) is 0 Å². The predicted octanol–water partition coefficient (Wildman–Crippen LogP) is 3.77. The third-order valence-corrected chi connectivity index (χ3v) is 5.71. The molecule has 6 nitrogen and oxygen atoms in total. The topological polar surface area (TPSA) is 64.7 Å². The Morgan fingerprint density at radius 1 is 1.03 bits per heavy atom. The van der Waals surface area contributed by atoms with Gasteiger partial charge in [-0.1, -0.05) is 12.1 Å². The Labute approximate surface area is 181 Å². The minimum atomic E-state index is -0.356. The first-order valence-electron chi connectivity index (χ1n) is 10.4. The van der Waals surface area contributed by atoms with E-state index in [-0.39, 0.29) is 35.7 Å². The maximum Gasteiger partial charge on any atom is 0.319 e. The smallest absolute Gasteiger partial charge is 0.319 e. The van der Waals surface area contributed by atoms with E-state index in [0.29, 0.717) is 25.3 Å². The lowest BCUT2D eigenvalue weighted by atomic mass is 10.0. The van der Waals surface area contributed by atoms with Crippen molar-refractivity contribution in [3.63, 3.8) is 0 Å². The lowest BCUT2D eigenvalue weighted by Crippen LogP contribution is -2.48. The minimum absolute atomic E-state index is 0.00251. The molecule has 31 heavy (non-hydrogen) atoms. The van der Waals surface area contributed by atoms with Gasteiger partial charge in [0.25, 0.3) is 0 Å². The average Bonchev–Trinajstić information content (AvgIpc) is 2.76. The molecule has 3 rings (SSSR count). The van der Waals surface area contributed by atoms with Crippen molar-refractivity contribution in [2.45, 2.75) is 31.8 Å². The van der Waals surface area contributed by atoms with Crippen molar-refractivity contribution in [2.75, 3.05) is 32.0 Å². The number of benzene rings is 2. The Hall–Kier alpha value is -3.00. The predicted molar refractivity (Wildman–Crippen MR) is 116 cm³/mol. The van der Waals surface area contributed by atoms with Crippen LogP contribution in [0.5, 0.6) is 0 Å². The van der Waals surface area contributed by atoms with Crippen LogP contribution in [0.1, 0.15) is 31.4 Å². The summed E-state index contributed by atoms with van der Waals surface area (Å²) in [7, 11) is 1.75. The van der Waals surface area contributed by atoms with Gasteiger partial charge in [0, 0.05) is 31.9 Å². The second-order valence-electron chi connectivity index (χ2n) is 7.89. The van der Waals surface area contributed by atoms with E-state index >= 15 is 0 Å². The minimum Gasteiger partial charge on any atom is -0.338 e. The number of rotatable bonds is 6. The van der Waals surface area contributed by atoms with Crippen LogP contribution in [0.15, 0.2) is 48.5 Å². The summed E-state index contributed by atoms with van der Waals surface area (Å²) in [6.45, 7) is 3.62. The molecule has 0 spiro atoms. The van der Waals surface area contributed by atoms with E-state index in [4.69, 9.17) is 0 Å². The van der Waals surface area contributed by atoms with Crippen molar-refractivity contribution in [1.82, 2.24) is 15.1 Å². The molecule has 1 aliphatic heterocycles. The maximum atomic E-state index is 13.1. The Kier molecular flexibility index (Phi) is 7.57. The summed E-state index contributed by atoms with van der Waals surface area (Å²) in [4.78, 5) is 28.6. The molecule has 1 unspecified atom stereocenters. The van der Waals surface area contributed by atoms with Crippen LogP contribution in [0.3, 0.4) is 0 Å². The molecule has 1 atom stereocenters. The van der Waals surface area contributed by atoms with Crippen molar-refractivity contribution >= 4 is 17.6 Å². The Morgan fingerprint density at radius 3 is 2.16 bits per heavy atom. The molecule has 0 bridgehead atoms. The highest BCUT2D eigenvalue weighted by Crippen LogP contribution is 2.20. The van der Waals surface area contributed by atoms with E-state index in [1.807, 2.05) is 6.92 Å². The standard InChI is InChI=1S/C23H28F2N4O2/c1-16(17-3-5-18(24)6-4-17)28(2)22(30)15-29-13-11-21(12-14-29)27-23(31)26-20-9-7-19(25)8-10-20/h3-10,16,21H,11-15H2,1-2H3,(H2,26,27,31). The summed E-state index contributed by atoms with van der Waals surface area (Å²) < 4.78 is 26.1. The molecule has 0 radical (unpaired) electrons. The lowest BCUT2D eigenvalue weighted by Gasteiger charge is -2.34. The average molecular weight is 430 g/mol. The van der Waals surface area contributed by atoms with Gasteiger partial charge in [-0.05, 0) is 61.7 Å². The van der Waals surface area contributed by atoms with Crippen molar-refractivity contribution in [3.05, 3.63) is 65.7 Å². The largest absolute Gasteiger partial charge is 0.338 e. The first-order valence-corrected chi connectivity index (χ1v) is 10.4. The normalized spacial score (nSPS) is 15.9. The van der Waals surface area contributed by atoms with Gasteiger partial charge in [-0.25, -0.2) is 13.6 Å². The molecule has 1 saturated heterocycles. The van der Waals surface area contributed by atoms with Crippen LogP contribution in [-0.2, 0) is 4.79 Å². The number of likely N-dealkylation sites (tertiary alicyclic amines) is 1. The van der Waals surface area contributed by atoms with Crippen LogP contribution in [-0.4, -0.2) is 54.5 Å². The lowest BCUT2D eigenvalue weighted by molar-refractivity contribution is -0.133. The van der Waals surface area contributed by atoms with Gasteiger partial charge in [-0.2, -0.15) is 0 Å². The van der Waals surface area contributed by atoms with Gasteiger partial charge in [-0.15, -0.1) is 0 Å².